The molecule has 0 aliphatic rings. The SMILES string of the molecule is CCC(CC)(CC)C(=O)O.OCCOCCOCCO. The van der Waals surface area contributed by atoms with Crippen molar-refractivity contribution < 1.29 is 29.6 Å². The van der Waals surface area contributed by atoms with Gasteiger partial charge < -0.3 is 24.8 Å². The first-order chi connectivity index (χ1) is 9.54. The molecule has 0 fully saturated rings. The van der Waals surface area contributed by atoms with E-state index in [2.05, 4.69) is 0 Å². The first-order valence-corrected chi connectivity index (χ1v) is 7.15. The van der Waals surface area contributed by atoms with E-state index in [0.717, 1.165) is 19.3 Å². The molecule has 0 aromatic carbocycles. The van der Waals surface area contributed by atoms with Gasteiger partial charge in [-0.05, 0) is 19.3 Å². The largest absolute Gasteiger partial charge is 0.481 e. The van der Waals surface area contributed by atoms with Gasteiger partial charge in [-0.25, -0.2) is 0 Å². The second-order valence-corrected chi connectivity index (χ2v) is 4.32. The average Bonchev–Trinajstić information content (AvgIpc) is 2.46. The van der Waals surface area contributed by atoms with Crippen molar-refractivity contribution in [1.29, 1.82) is 0 Å². The summed E-state index contributed by atoms with van der Waals surface area (Å²) in [4.78, 5) is 10.7. The van der Waals surface area contributed by atoms with E-state index in [1.165, 1.54) is 0 Å². The van der Waals surface area contributed by atoms with Crippen molar-refractivity contribution in [1.82, 2.24) is 0 Å². The molecular weight excluding hydrogens is 264 g/mol. The van der Waals surface area contributed by atoms with E-state index in [9.17, 15) is 4.79 Å². The normalized spacial score (nSPS) is 10.8. The van der Waals surface area contributed by atoms with Crippen molar-refractivity contribution in [2.75, 3.05) is 39.6 Å². The van der Waals surface area contributed by atoms with Gasteiger partial charge in [-0.15, -0.1) is 0 Å². The molecule has 0 spiro atoms. The number of hydrogen-bond donors (Lipinski definition) is 3. The van der Waals surface area contributed by atoms with Gasteiger partial charge in [-0.2, -0.15) is 0 Å². The minimum absolute atomic E-state index is 0.0417. The second kappa shape index (κ2) is 14.7. The van der Waals surface area contributed by atoms with Gasteiger partial charge in [-0.3, -0.25) is 4.79 Å². The van der Waals surface area contributed by atoms with E-state index >= 15 is 0 Å². The Morgan fingerprint density at radius 2 is 1.20 bits per heavy atom. The molecule has 0 aliphatic heterocycles. The minimum atomic E-state index is -0.653. The number of aliphatic hydroxyl groups is 2. The van der Waals surface area contributed by atoms with Crippen molar-refractivity contribution in [2.45, 2.75) is 40.0 Å². The Kier molecular flexibility index (Phi) is 15.9. The van der Waals surface area contributed by atoms with Crippen LogP contribution in [0.3, 0.4) is 0 Å². The summed E-state index contributed by atoms with van der Waals surface area (Å²) in [7, 11) is 0. The summed E-state index contributed by atoms with van der Waals surface area (Å²) in [6.07, 6.45) is 2.19. The van der Waals surface area contributed by atoms with Crippen LogP contribution in [0.5, 0.6) is 0 Å². The summed E-state index contributed by atoms with van der Waals surface area (Å²) in [5, 5.41) is 25.4. The maximum atomic E-state index is 10.7. The Labute approximate surface area is 121 Å². The zero-order valence-corrected chi connectivity index (χ0v) is 12.9. The number of rotatable bonds is 11. The molecule has 0 amide bonds. The Bertz CT molecular complexity index is 199. The monoisotopic (exact) mass is 294 g/mol. The maximum absolute atomic E-state index is 10.7. The van der Waals surface area contributed by atoms with Crippen molar-refractivity contribution in [3.05, 3.63) is 0 Å². The average molecular weight is 294 g/mol. The van der Waals surface area contributed by atoms with E-state index in [1.54, 1.807) is 0 Å². The fourth-order valence-electron chi connectivity index (χ4n) is 1.65. The third-order valence-electron chi connectivity index (χ3n) is 3.33. The van der Waals surface area contributed by atoms with Gasteiger partial charge in [0, 0.05) is 0 Å². The fourth-order valence-corrected chi connectivity index (χ4v) is 1.65. The molecule has 122 valence electrons. The van der Waals surface area contributed by atoms with Crippen LogP contribution in [0.4, 0.5) is 0 Å². The number of carboxylic acids is 1. The third kappa shape index (κ3) is 10.1. The summed E-state index contributed by atoms with van der Waals surface area (Å²) < 4.78 is 9.75. The van der Waals surface area contributed by atoms with Crippen molar-refractivity contribution in [3.63, 3.8) is 0 Å². The summed E-state index contributed by atoms with van der Waals surface area (Å²) in [6, 6.07) is 0. The number of ether oxygens (including phenoxy) is 2. The van der Waals surface area contributed by atoms with E-state index in [1.807, 2.05) is 20.8 Å². The lowest BCUT2D eigenvalue weighted by molar-refractivity contribution is -0.149. The second-order valence-electron chi connectivity index (χ2n) is 4.32. The van der Waals surface area contributed by atoms with Gasteiger partial charge in [0.2, 0.25) is 0 Å². The molecule has 0 radical (unpaired) electrons. The molecular formula is C14H30O6. The van der Waals surface area contributed by atoms with Crippen molar-refractivity contribution in [2.24, 2.45) is 5.41 Å². The molecule has 0 atom stereocenters. The van der Waals surface area contributed by atoms with Gasteiger partial charge >= 0.3 is 5.97 Å². The molecule has 6 nitrogen and oxygen atoms in total. The Balaban J connectivity index is 0. The summed E-state index contributed by atoms with van der Waals surface area (Å²) in [5.74, 6) is -0.653. The van der Waals surface area contributed by atoms with Crippen LogP contribution < -0.4 is 0 Å². The standard InChI is InChI=1S/C8H16O2.C6H14O4/c1-4-8(5-2,6-3)7(9)10;7-1-3-9-5-6-10-4-2-8/h4-6H2,1-3H3,(H,9,10);7-8H,1-6H2. The highest BCUT2D eigenvalue weighted by atomic mass is 16.5. The summed E-state index contributed by atoms with van der Waals surface area (Å²) >= 11 is 0. The quantitative estimate of drug-likeness (QED) is 0.497. The maximum Gasteiger partial charge on any atom is 0.309 e. The number of aliphatic hydroxyl groups excluding tert-OH is 2. The van der Waals surface area contributed by atoms with Gasteiger partial charge in [-0.1, -0.05) is 20.8 Å². The minimum Gasteiger partial charge on any atom is -0.481 e. The molecule has 0 rings (SSSR count). The van der Waals surface area contributed by atoms with Crippen LogP contribution in [0.1, 0.15) is 40.0 Å². The highest BCUT2D eigenvalue weighted by Crippen LogP contribution is 2.30. The number of carbonyl (C=O) groups is 1. The van der Waals surface area contributed by atoms with Gasteiger partial charge in [0.15, 0.2) is 0 Å². The molecule has 3 N–H and O–H groups in total. The topological polar surface area (TPSA) is 96.2 Å². The molecule has 0 heterocycles. The van der Waals surface area contributed by atoms with Crippen LogP contribution in [-0.2, 0) is 14.3 Å². The molecule has 0 aromatic rings. The third-order valence-corrected chi connectivity index (χ3v) is 3.33. The van der Waals surface area contributed by atoms with Gasteiger partial charge in [0.1, 0.15) is 0 Å². The van der Waals surface area contributed by atoms with E-state index < -0.39 is 11.4 Å². The summed E-state index contributed by atoms with van der Waals surface area (Å²) in [5.41, 5.74) is -0.458. The van der Waals surface area contributed by atoms with Gasteiger partial charge in [0.25, 0.3) is 0 Å². The highest BCUT2D eigenvalue weighted by Gasteiger charge is 2.32. The zero-order chi connectivity index (χ0) is 15.9. The highest BCUT2D eigenvalue weighted by molar-refractivity contribution is 5.74. The fraction of sp³-hybridized carbons (Fsp3) is 0.929. The molecule has 0 unspecified atom stereocenters. The molecule has 0 aromatic heterocycles. The predicted molar refractivity (Wildman–Crippen MR) is 76.8 cm³/mol. The number of aliphatic carboxylic acids is 1. The predicted octanol–water partition coefficient (Wildman–Crippen LogP) is 1.29. The Morgan fingerprint density at radius 1 is 0.850 bits per heavy atom. The van der Waals surface area contributed by atoms with Crippen molar-refractivity contribution >= 4 is 5.97 Å². The Hall–Kier alpha value is -0.690. The Morgan fingerprint density at radius 3 is 1.35 bits per heavy atom. The smallest absolute Gasteiger partial charge is 0.309 e. The first kappa shape index (κ1) is 21.6. The lowest BCUT2D eigenvalue weighted by atomic mass is 9.80. The van der Waals surface area contributed by atoms with Crippen LogP contribution in [0.2, 0.25) is 0 Å². The molecule has 0 bridgehead atoms. The molecule has 0 saturated heterocycles. The van der Waals surface area contributed by atoms with Crippen LogP contribution in [-0.4, -0.2) is 60.9 Å². The van der Waals surface area contributed by atoms with Crippen molar-refractivity contribution in [3.8, 4) is 0 Å². The van der Waals surface area contributed by atoms with Crippen LogP contribution >= 0.6 is 0 Å². The number of carboxylic acid groups (broad SMARTS) is 1. The van der Waals surface area contributed by atoms with E-state index in [0.29, 0.717) is 26.4 Å². The number of hydrogen-bond acceptors (Lipinski definition) is 5. The van der Waals surface area contributed by atoms with Crippen LogP contribution in [0.15, 0.2) is 0 Å². The van der Waals surface area contributed by atoms with Crippen LogP contribution in [0, 0.1) is 5.41 Å². The molecule has 6 heteroatoms. The van der Waals surface area contributed by atoms with E-state index in [-0.39, 0.29) is 13.2 Å². The first-order valence-electron chi connectivity index (χ1n) is 7.15. The zero-order valence-electron chi connectivity index (χ0n) is 12.9. The van der Waals surface area contributed by atoms with Crippen LogP contribution in [0.25, 0.3) is 0 Å². The summed E-state index contributed by atoms with van der Waals surface area (Å²) in [6.45, 7) is 7.52. The molecule has 0 saturated carbocycles. The lowest BCUT2D eigenvalue weighted by Gasteiger charge is -2.24. The molecule has 20 heavy (non-hydrogen) atoms. The molecule has 0 aliphatic carbocycles. The lowest BCUT2D eigenvalue weighted by Crippen LogP contribution is -2.28. The van der Waals surface area contributed by atoms with Gasteiger partial charge in [0.05, 0.1) is 45.1 Å². The van der Waals surface area contributed by atoms with E-state index in [4.69, 9.17) is 24.8 Å².